The van der Waals surface area contributed by atoms with E-state index in [-0.39, 0.29) is 11.3 Å². The van der Waals surface area contributed by atoms with Crippen molar-refractivity contribution in [2.75, 3.05) is 0 Å². The fourth-order valence-corrected chi connectivity index (χ4v) is 1.44. The summed E-state index contributed by atoms with van der Waals surface area (Å²) >= 11 is 0. The Morgan fingerprint density at radius 3 is 2.71 bits per heavy atom. The first-order valence-corrected chi connectivity index (χ1v) is 5.54. The number of aryl methyl sites for hydroxylation is 1. The first-order chi connectivity index (χ1) is 8.29. The third-order valence-electron chi connectivity index (χ3n) is 2.39. The Hall–Kier alpha value is -2.10. The standard InChI is InChI=1S/C13H14N2O2/c1-2-12-14-8-11(13(16)15-12)17-9-10-6-4-3-5-7-10/h3-8H,2,9H2,1H3,(H,14,15,16). The van der Waals surface area contributed by atoms with Crippen LogP contribution >= 0.6 is 0 Å². The zero-order valence-corrected chi connectivity index (χ0v) is 9.64. The van der Waals surface area contributed by atoms with E-state index in [9.17, 15) is 4.79 Å². The highest BCUT2D eigenvalue weighted by molar-refractivity contribution is 5.17. The number of hydrogen-bond acceptors (Lipinski definition) is 3. The van der Waals surface area contributed by atoms with Crippen LogP contribution in [0.15, 0.2) is 41.3 Å². The highest BCUT2D eigenvalue weighted by atomic mass is 16.5. The molecule has 4 nitrogen and oxygen atoms in total. The lowest BCUT2D eigenvalue weighted by molar-refractivity contribution is 0.300. The van der Waals surface area contributed by atoms with Gasteiger partial charge in [0.1, 0.15) is 12.4 Å². The van der Waals surface area contributed by atoms with E-state index in [0.29, 0.717) is 18.9 Å². The molecule has 0 aliphatic rings. The minimum Gasteiger partial charge on any atom is -0.482 e. The van der Waals surface area contributed by atoms with E-state index in [0.717, 1.165) is 5.56 Å². The van der Waals surface area contributed by atoms with Crippen molar-refractivity contribution in [1.29, 1.82) is 0 Å². The molecular weight excluding hydrogens is 216 g/mol. The van der Waals surface area contributed by atoms with Crippen molar-refractivity contribution in [1.82, 2.24) is 9.97 Å². The van der Waals surface area contributed by atoms with Gasteiger partial charge in [-0.3, -0.25) is 4.79 Å². The molecule has 0 fully saturated rings. The van der Waals surface area contributed by atoms with Crippen LogP contribution in [-0.4, -0.2) is 9.97 Å². The molecule has 0 atom stereocenters. The molecule has 88 valence electrons. The van der Waals surface area contributed by atoms with Crippen molar-refractivity contribution < 1.29 is 4.74 Å². The molecule has 1 aromatic carbocycles. The lowest BCUT2D eigenvalue weighted by Gasteiger charge is -2.05. The van der Waals surface area contributed by atoms with Gasteiger partial charge >= 0.3 is 0 Å². The molecule has 2 rings (SSSR count). The zero-order chi connectivity index (χ0) is 12.1. The third kappa shape index (κ3) is 2.93. The van der Waals surface area contributed by atoms with Gasteiger partial charge in [0.15, 0.2) is 0 Å². The number of hydrogen-bond donors (Lipinski definition) is 1. The van der Waals surface area contributed by atoms with E-state index >= 15 is 0 Å². The van der Waals surface area contributed by atoms with E-state index < -0.39 is 0 Å². The number of H-pyrrole nitrogens is 1. The van der Waals surface area contributed by atoms with Crippen LogP contribution in [0.2, 0.25) is 0 Å². The van der Waals surface area contributed by atoms with Crippen LogP contribution in [0.4, 0.5) is 0 Å². The quantitative estimate of drug-likeness (QED) is 0.872. The summed E-state index contributed by atoms with van der Waals surface area (Å²) in [5, 5.41) is 0. The van der Waals surface area contributed by atoms with Crippen LogP contribution in [0, 0.1) is 0 Å². The molecule has 0 radical (unpaired) electrons. The number of aromatic nitrogens is 2. The summed E-state index contributed by atoms with van der Waals surface area (Å²) < 4.78 is 5.42. The topological polar surface area (TPSA) is 55.0 Å². The Labute approximate surface area is 99.3 Å². The second-order valence-electron chi connectivity index (χ2n) is 3.65. The van der Waals surface area contributed by atoms with Crippen LogP contribution in [0.1, 0.15) is 18.3 Å². The van der Waals surface area contributed by atoms with Gasteiger partial charge < -0.3 is 9.72 Å². The van der Waals surface area contributed by atoms with E-state index in [1.807, 2.05) is 37.3 Å². The summed E-state index contributed by atoms with van der Waals surface area (Å²) in [6, 6.07) is 9.70. The summed E-state index contributed by atoms with van der Waals surface area (Å²) in [6.07, 6.45) is 2.18. The van der Waals surface area contributed by atoms with Gasteiger partial charge in [-0.15, -0.1) is 0 Å². The summed E-state index contributed by atoms with van der Waals surface area (Å²) in [5.74, 6) is 0.924. The molecule has 0 aliphatic heterocycles. The molecule has 0 unspecified atom stereocenters. The van der Waals surface area contributed by atoms with Crippen molar-refractivity contribution in [3.05, 3.63) is 58.3 Å². The van der Waals surface area contributed by atoms with Crippen LogP contribution in [0.25, 0.3) is 0 Å². The Bertz CT molecular complexity index is 535. The SMILES string of the molecule is CCc1ncc(OCc2ccccc2)c(=O)[nH]1. The van der Waals surface area contributed by atoms with Crippen molar-refractivity contribution in [3.8, 4) is 5.75 Å². The zero-order valence-electron chi connectivity index (χ0n) is 9.64. The normalized spacial score (nSPS) is 10.2. The van der Waals surface area contributed by atoms with Crippen LogP contribution in [0.5, 0.6) is 5.75 Å². The number of nitrogens with zero attached hydrogens (tertiary/aromatic N) is 1. The fourth-order valence-electron chi connectivity index (χ4n) is 1.44. The molecule has 0 saturated carbocycles. The Morgan fingerprint density at radius 2 is 2.06 bits per heavy atom. The molecule has 17 heavy (non-hydrogen) atoms. The highest BCUT2D eigenvalue weighted by Gasteiger charge is 2.02. The average molecular weight is 230 g/mol. The molecule has 4 heteroatoms. The highest BCUT2D eigenvalue weighted by Crippen LogP contribution is 2.05. The number of aromatic amines is 1. The van der Waals surface area contributed by atoms with E-state index in [1.54, 1.807) is 0 Å². The maximum atomic E-state index is 11.6. The summed E-state index contributed by atoms with van der Waals surface area (Å²) in [7, 11) is 0. The van der Waals surface area contributed by atoms with Crippen molar-refractivity contribution in [2.24, 2.45) is 0 Å². The number of benzene rings is 1. The smallest absolute Gasteiger partial charge is 0.293 e. The van der Waals surface area contributed by atoms with Gasteiger partial charge in [-0.1, -0.05) is 37.3 Å². The van der Waals surface area contributed by atoms with E-state index in [2.05, 4.69) is 9.97 Å². The van der Waals surface area contributed by atoms with Gasteiger partial charge in [0.25, 0.3) is 5.56 Å². The molecule has 0 aliphatic carbocycles. The maximum Gasteiger partial charge on any atom is 0.293 e. The minimum absolute atomic E-state index is 0.229. The third-order valence-corrected chi connectivity index (χ3v) is 2.39. The maximum absolute atomic E-state index is 11.6. The number of rotatable bonds is 4. The van der Waals surface area contributed by atoms with E-state index in [1.165, 1.54) is 6.20 Å². The second-order valence-corrected chi connectivity index (χ2v) is 3.65. The summed E-state index contributed by atoms with van der Waals surface area (Å²) in [5.41, 5.74) is 0.791. The minimum atomic E-state index is -0.229. The Balaban J connectivity index is 2.07. The molecule has 2 aromatic rings. The summed E-state index contributed by atoms with van der Waals surface area (Å²) in [6.45, 7) is 2.31. The molecule has 0 bridgehead atoms. The largest absolute Gasteiger partial charge is 0.482 e. The van der Waals surface area contributed by atoms with Crippen LogP contribution < -0.4 is 10.3 Å². The number of nitrogens with one attached hydrogen (secondary N) is 1. The average Bonchev–Trinajstić information content (AvgIpc) is 2.38. The molecule has 0 amide bonds. The predicted octanol–water partition coefficient (Wildman–Crippen LogP) is 1.91. The Kier molecular flexibility index (Phi) is 3.55. The number of ether oxygens (including phenoxy) is 1. The first kappa shape index (κ1) is 11.4. The fraction of sp³-hybridized carbons (Fsp3) is 0.231. The van der Waals surface area contributed by atoms with Gasteiger partial charge in [-0.25, -0.2) is 4.98 Å². The van der Waals surface area contributed by atoms with Gasteiger partial charge in [0.2, 0.25) is 5.75 Å². The molecule has 0 spiro atoms. The Morgan fingerprint density at radius 1 is 1.29 bits per heavy atom. The van der Waals surface area contributed by atoms with Crippen LogP contribution in [-0.2, 0) is 13.0 Å². The van der Waals surface area contributed by atoms with Gasteiger partial charge in [0, 0.05) is 6.42 Å². The lowest BCUT2D eigenvalue weighted by Crippen LogP contribution is -2.14. The predicted molar refractivity (Wildman–Crippen MR) is 65.0 cm³/mol. The molecule has 0 saturated heterocycles. The van der Waals surface area contributed by atoms with E-state index in [4.69, 9.17) is 4.74 Å². The molecule has 1 heterocycles. The van der Waals surface area contributed by atoms with Crippen LogP contribution in [0.3, 0.4) is 0 Å². The lowest BCUT2D eigenvalue weighted by atomic mass is 10.2. The summed E-state index contributed by atoms with van der Waals surface area (Å²) in [4.78, 5) is 18.4. The molecule has 1 N–H and O–H groups in total. The molecule has 1 aromatic heterocycles. The van der Waals surface area contributed by atoms with Gasteiger partial charge in [0.05, 0.1) is 6.20 Å². The first-order valence-electron chi connectivity index (χ1n) is 5.54. The van der Waals surface area contributed by atoms with Gasteiger partial charge in [-0.2, -0.15) is 0 Å². The van der Waals surface area contributed by atoms with Crippen molar-refractivity contribution in [2.45, 2.75) is 20.0 Å². The van der Waals surface area contributed by atoms with Gasteiger partial charge in [-0.05, 0) is 5.56 Å². The second kappa shape index (κ2) is 5.30. The van der Waals surface area contributed by atoms with Crippen molar-refractivity contribution >= 4 is 0 Å². The van der Waals surface area contributed by atoms with Crippen molar-refractivity contribution in [3.63, 3.8) is 0 Å². The monoisotopic (exact) mass is 230 g/mol. The molecular formula is C13H14N2O2.